The van der Waals surface area contributed by atoms with Gasteiger partial charge >= 0.3 is 0 Å². The Morgan fingerprint density at radius 2 is 1.75 bits per heavy atom. The molecule has 28 heavy (non-hydrogen) atoms. The Hall–Kier alpha value is -2.09. The molecule has 0 unspecified atom stereocenters. The maximum Gasteiger partial charge on any atom is 0.208 e. The first-order chi connectivity index (χ1) is 13.8. The second-order valence-electron chi connectivity index (χ2n) is 7.44. The Balaban J connectivity index is 1.35. The van der Waals surface area contributed by atoms with E-state index < -0.39 is 0 Å². The number of para-hydroxylation sites is 2. The predicted molar refractivity (Wildman–Crippen MR) is 113 cm³/mol. The number of hydrogen-bond donors (Lipinski definition) is 0. The highest BCUT2D eigenvalue weighted by Gasteiger charge is 2.31. The van der Waals surface area contributed by atoms with Crippen molar-refractivity contribution in [2.75, 3.05) is 31.1 Å². The van der Waals surface area contributed by atoms with E-state index in [1.807, 2.05) is 18.2 Å². The van der Waals surface area contributed by atoms with Crippen molar-refractivity contribution in [1.82, 2.24) is 15.1 Å². The normalized spacial score (nSPS) is 22.9. The first kappa shape index (κ1) is 16.8. The van der Waals surface area contributed by atoms with Crippen molar-refractivity contribution in [2.24, 2.45) is 0 Å². The van der Waals surface area contributed by atoms with E-state index in [-0.39, 0.29) is 0 Å². The van der Waals surface area contributed by atoms with E-state index in [0.29, 0.717) is 6.04 Å². The van der Waals surface area contributed by atoms with Crippen LogP contribution in [0, 0.1) is 0 Å². The van der Waals surface area contributed by atoms with Gasteiger partial charge in [-0.15, -0.1) is 10.2 Å². The zero-order valence-corrected chi connectivity index (χ0v) is 17.0. The van der Waals surface area contributed by atoms with Crippen molar-refractivity contribution < 1.29 is 4.74 Å². The lowest BCUT2D eigenvalue weighted by Gasteiger charge is -2.30. The summed E-state index contributed by atoms with van der Waals surface area (Å²) in [5.41, 5.74) is 1.03. The van der Waals surface area contributed by atoms with E-state index in [1.54, 1.807) is 23.1 Å². The summed E-state index contributed by atoms with van der Waals surface area (Å²) in [6.45, 7) is 4.60. The molecule has 3 saturated heterocycles. The van der Waals surface area contributed by atoms with Gasteiger partial charge in [-0.05, 0) is 37.1 Å². The molecule has 1 aromatic heterocycles. The molecule has 2 aromatic carbocycles. The smallest absolute Gasteiger partial charge is 0.208 e. The summed E-state index contributed by atoms with van der Waals surface area (Å²) in [5.74, 6) is 1.81. The van der Waals surface area contributed by atoms with Gasteiger partial charge in [0.2, 0.25) is 5.13 Å². The average molecular weight is 409 g/mol. The molecule has 7 rings (SSSR count). The third kappa shape index (κ3) is 2.80. The van der Waals surface area contributed by atoms with Crippen molar-refractivity contribution in [2.45, 2.75) is 28.7 Å². The summed E-state index contributed by atoms with van der Waals surface area (Å²) in [4.78, 5) is 7.33. The Kier molecular flexibility index (Phi) is 4.06. The van der Waals surface area contributed by atoms with Crippen molar-refractivity contribution >= 4 is 28.2 Å². The summed E-state index contributed by atoms with van der Waals surface area (Å²) in [6, 6.07) is 15.1. The maximum atomic E-state index is 6.28. The third-order valence-electron chi connectivity index (χ3n) is 5.81. The van der Waals surface area contributed by atoms with Crippen LogP contribution >= 0.6 is 23.1 Å². The molecule has 5 heterocycles. The standard InChI is InChI=1S/C21H20N4OS2/c1-2-6-17-16(5-1)26-19-15(4-3-7-18(19)27-17)20-22-23-21(28-20)25-13-12-24-10-8-14(25)9-11-24/h1-7,14H,8-13H2. The van der Waals surface area contributed by atoms with Crippen LogP contribution in [-0.4, -0.2) is 47.3 Å². The van der Waals surface area contributed by atoms with Crippen molar-refractivity contribution in [3.63, 3.8) is 0 Å². The maximum absolute atomic E-state index is 6.28. The number of aromatic nitrogens is 2. The minimum Gasteiger partial charge on any atom is -0.454 e. The zero-order valence-electron chi connectivity index (χ0n) is 15.4. The lowest BCUT2D eigenvalue weighted by Crippen LogP contribution is -2.37. The molecular formula is C21H20N4OS2. The first-order valence-electron chi connectivity index (χ1n) is 9.76. The lowest BCUT2D eigenvalue weighted by atomic mass is 10.1. The van der Waals surface area contributed by atoms with Crippen LogP contribution in [0.1, 0.15) is 12.8 Å². The SMILES string of the molecule is c1ccc2c(c1)Oc1c(cccc1-c1nnc(N3CCN4CCC3CC4)s1)S2. The molecule has 2 bridgehead atoms. The number of anilines is 1. The monoisotopic (exact) mass is 408 g/mol. The summed E-state index contributed by atoms with van der Waals surface area (Å²) in [7, 11) is 0. The van der Waals surface area contributed by atoms with Crippen molar-refractivity contribution in [1.29, 1.82) is 0 Å². The molecule has 142 valence electrons. The number of hydrogen-bond acceptors (Lipinski definition) is 7. The molecule has 5 nitrogen and oxygen atoms in total. The minimum atomic E-state index is 0.600. The Bertz CT molecular complexity index is 1030. The second kappa shape index (κ2) is 6.76. The van der Waals surface area contributed by atoms with Crippen LogP contribution in [0.25, 0.3) is 10.6 Å². The first-order valence-corrected chi connectivity index (χ1v) is 11.4. The highest BCUT2D eigenvalue weighted by molar-refractivity contribution is 7.99. The molecule has 4 aliphatic heterocycles. The van der Waals surface area contributed by atoms with Crippen molar-refractivity contribution in [3.8, 4) is 22.1 Å². The fourth-order valence-electron chi connectivity index (χ4n) is 4.30. The van der Waals surface area contributed by atoms with Crippen LogP contribution in [0.2, 0.25) is 0 Å². The highest BCUT2D eigenvalue weighted by atomic mass is 32.2. The van der Waals surface area contributed by atoms with Gasteiger partial charge < -0.3 is 14.5 Å². The number of fused-ring (bicyclic) bond motifs is 6. The number of benzene rings is 2. The Morgan fingerprint density at radius 1 is 0.893 bits per heavy atom. The van der Waals surface area contributed by atoms with Gasteiger partial charge in [-0.3, -0.25) is 0 Å². The number of nitrogens with zero attached hydrogens (tertiary/aromatic N) is 4. The number of piperidine rings is 1. The van der Waals surface area contributed by atoms with Gasteiger partial charge in [0.25, 0.3) is 0 Å². The van der Waals surface area contributed by atoms with Gasteiger partial charge in [0.05, 0.1) is 15.4 Å². The number of rotatable bonds is 2. The Morgan fingerprint density at radius 3 is 2.68 bits per heavy atom. The summed E-state index contributed by atoms with van der Waals surface area (Å²) < 4.78 is 6.28. The van der Waals surface area contributed by atoms with Gasteiger partial charge in [-0.2, -0.15) is 0 Å². The summed E-state index contributed by atoms with van der Waals surface area (Å²) in [6.07, 6.45) is 2.46. The van der Waals surface area contributed by atoms with E-state index in [1.165, 1.54) is 25.9 Å². The average Bonchev–Trinajstić information content (AvgIpc) is 3.03. The van der Waals surface area contributed by atoms with Gasteiger partial charge in [0, 0.05) is 32.2 Å². The molecule has 3 aromatic rings. The molecule has 7 heteroatoms. The van der Waals surface area contributed by atoms with E-state index in [9.17, 15) is 0 Å². The van der Waals surface area contributed by atoms with Crippen LogP contribution in [0.3, 0.4) is 0 Å². The molecule has 3 fully saturated rings. The van der Waals surface area contributed by atoms with E-state index in [0.717, 1.165) is 50.1 Å². The molecule has 0 amide bonds. The molecular weight excluding hydrogens is 388 g/mol. The topological polar surface area (TPSA) is 41.5 Å². The molecule has 0 aliphatic carbocycles. The molecule has 4 aliphatic rings. The lowest BCUT2D eigenvalue weighted by molar-refractivity contribution is 0.250. The molecule has 0 atom stereocenters. The van der Waals surface area contributed by atoms with E-state index >= 15 is 0 Å². The zero-order chi connectivity index (χ0) is 18.5. The van der Waals surface area contributed by atoms with Gasteiger partial charge in [-0.25, -0.2) is 0 Å². The minimum absolute atomic E-state index is 0.600. The molecule has 0 saturated carbocycles. The van der Waals surface area contributed by atoms with E-state index in [4.69, 9.17) is 4.74 Å². The molecule has 0 N–H and O–H groups in total. The quantitative estimate of drug-likeness (QED) is 0.477. The fourth-order valence-corrected chi connectivity index (χ4v) is 6.24. The second-order valence-corrected chi connectivity index (χ2v) is 9.48. The van der Waals surface area contributed by atoms with Crippen molar-refractivity contribution in [3.05, 3.63) is 42.5 Å². The fraction of sp³-hybridized carbons (Fsp3) is 0.333. The van der Waals surface area contributed by atoms with Crippen LogP contribution in [0.4, 0.5) is 5.13 Å². The van der Waals surface area contributed by atoms with Gasteiger partial charge in [-0.1, -0.05) is 41.3 Å². The predicted octanol–water partition coefficient (Wildman–Crippen LogP) is 4.75. The van der Waals surface area contributed by atoms with Gasteiger partial charge in [0.1, 0.15) is 5.75 Å². The molecule has 0 spiro atoms. The summed E-state index contributed by atoms with van der Waals surface area (Å²) >= 11 is 3.44. The highest BCUT2D eigenvalue weighted by Crippen LogP contribution is 2.51. The van der Waals surface area contributed by atoms with Crippen LogP contribution in [0.5, 0.6) is 11.5 Å². The van der Waals surface area contributed by atoms with E-state index in [2.05, 4.69) is 44.3 Å². The van der Waals surface area contributed by atoms with Crippen LogP contribution in [0.15, 0.2) is 52.3 Å². The third-order valence-corrected chi connectivity index (χ3v) is 7.90. The number of ether oxygens (including phenoxy) is 1. The van der Waals surface area contributed by atoms with Crippen LogP contribution in [-0.2, 0) is 0 Å². The molecule has 0 radical (unpaired) electrons. The van der Waals surface area contributed by atoms with Crippen LogP contribution < -0.4 is 9.64 Å². The Labute approximate surface area is 172 Å². The summed E-state index contributed by atoms with van der Waals surface area (Å²) in [5, 5.41) is 11.1. The van der Waals surface area contributed by atoms with Gasteiger partial charge in [0.15, 0.2) is 10.8 Å². The largest absolute Gasteiger partial charge is 0.454 e.